The van der Waals surface area contributed by atoms with Gasteiger partial charge in [0.1, 0.15) is 36.6 Å². The number of aliphatic hydroxyl groups is 7. The molecule has 0 radical (unpaired) electrons. The van der Waals surface area contributed by atoms with Gasteiger partial charge in [-0.1, -0.05) is 251 Å². The second kappa shape index (κ2) is 42.9. The van der Waals surface area contributed by atoms with Crippen LogP contribution < -0.4 is 5.32 Å². The highest BCUT2D eigenvalue weighted by Crippen LogP contribution is 2.47. The molecule has 0 aliphatic heterocycles. The van der Waals surface area contributed by atoms with Gasteiger partial charge in [-0.25, -0.2) is 4.57 Å². The molecule has 400 valence electrons. The van der Waals surface area contributed by atoms with Crippen molar-refractivity contribution in [2.24, 2.45) is 0 Å². The van der Waals surface area contributed by atoms with E-state index in [-0.39, 0.29) is 12.8 Å². The van der Waals surface area contributed by atoms with E-state index in [1.165, 1.54) is 186 Å². The summed E-state index contributed by atoms with van der Waals surface area (Å²) in [7, 11) is -5.10. The summed E-state index contributed by atoms with van der Waals surface area (Å²) in [5.41, 5.74) is 0. The van der Waals surface area contributed by atoms with Gasteiger partial charge in [-0.3, -0.25) is 13.8 Å². The largest absolute Gasteiger partial charge is 0.472 e. The molecule has 0 bridgehead atoms. The van der Waals surface area contributed by atoms with E-state index < -0.39 is 75.2 Å². The Labute approximate surface area is 409 Å². The molecule has 1 rings (SSSR count). The van der Waals surface area contributed by atoms with Crippen LogP contribution in [0.25, 0.3) is 0 Å². The Morgan fingerprint density at radius 1 is 0.463 bits per heavy atom. The Morgan fingerprint density at radius 3 is 1.09 bits per heavy atom. The molecule has 1 saturated carbocycles. The summed E-state index contributed by atoms with van der Waals surface area (Å²) in [6, 6.07) is -1.15. The molecular formula is C53H106NO12P. The monoisotopic (exact) mass is 980 g/mol. The Kier molecular flexibility index (Phi) is 41.2. The van der Waals surface area contributed by atoms with Gasteiger partial charge in [0.15, 0.2) is 0 Å². The number of hydrogen-bond donors (Lipinski definition) is 9. The number of phosphoric acid groups is 1. The molecule has 8 atom stereocenters. The number of phosphoric ester groups is 1. The van der Waals surface area contributed by atoms with Gasteiger partial charge in [0.05, 0.1) is 31.3 Å². The van der Waals surface area contributed by atoms with Crippen LogP contribution in [0.3, 0.4) is 0 Å². The van der Waals surface area contributed by atoms with Crippen molar-refractivity contribution in [1.29, 1.82) is 0 Å². The highest BCUT2D eigenvalue weighted by Gasteiger charge is 2.51. The summed E-state index contributed by atoms with van der Waals surface area (Å²) in [6.07, 6.45) is 34.6. The van der Waals surface area contributed by atoms with Gasteiger partial charge >= 0.3 is 7.82 Å². The lowest BCUT2D eigenvalue weighted by atomic mass is 9.85. The van der Waals surface area contributed by atoms with Gasteiger partial charge in [0.2, 0.25) is 5.91 Å². The first-order valence-corrected chi connectivity index (χ1v) is 29.6. The molecule has 1 fully saturated rings. The molecule has 1 aliphatic carbocycles. The number of nitrogens with one attached hydrogen (secondary N) is 1. The van der Waals surface area contributed by atoms with Crippen molar-refractivity contribution in [2.75, 3.05) is 6.61 Å². The highest BCUT2D eigenvalue weighted by atomic mass is 31.2. The average Bonchev–Trinajstić information content (AvgIpc) is 3.30. The van der Waals surface area contributed by atoms with E-state index in [2.05, 4.69) is 12.2 Å². The molecule has 0 aromatic heterocycles. The number of amides is 1. The Morgan fingerprint density at radius 2 is 0.746 bits per heavy atom. The van der Waals surface area contributed by atoms with E-state index in [9.17, 15) is 50.0 Å². The zero-order valence-electron chi connectivity index (χ0n) is 42.8. The van der Waals surface area contributed by atoms with Crippen LogP contribution in [0, 0.1) is 0 Å². The molecule has 0 saturated heterocycles. The van der Waals surface area contributed by atoms with Crippen LogP contribution in [0.1, 0.15) is 271 Å². The molecule has 13 nitrogen and oxygen atoms in total. The van der Waals surface area contributed by atoms with Crippen molar-refractivity contribution in [3.8, 4) is 0 Å². The summed E-state index contributed by atoms with van der Waals surface area (Å²) in [5, 5.41) is 74.1. The predicted molar refractivity (Wildman–Crippen MR) is 271 cm³/mol. The van der Waals surface area contributed by atoms with Gasteiger partial charge in [-0.05, 0) is 12.8 Å². The van der Waals surface area contributed by atoms with Gasteiger partial charge in [-0.15, -0.1) is 0 Å². The number of rotatable bonds is 48. The second-order valence-electron chi connectivity index (χ2n) is 20.3. The highest BCUT2D eigenvalue weighted by molar-refractivity contribution is 7.47. The van der Waals surface area contributed by atoms with Crippen LogP contribution in [0.4, 0.5) is 0 Å². The summed E-state index contributed by atoms with van der Waals surface area (Å²) in [6.45, 7) is 3.65. The Hall–Kier alpha value is -0.700. The van der Waals surface area contributed by atoms with E-state index in [1.807, 2.05) is 6.92 Å². The maximum absolute atomic E-state index is 12.9. The van der Waals surface area contributed by atoms with Crippen LogP contribution in [0.15, 0.2) is 0 Å². The first kappa shape index (κ1) is 64.3. The molecule has 9 N–H and O–H groups in total. The van der Waals surface area contributed by atoms with Crippen LogP contribution in [-0.4, -0.2) is 108 Å². The first-order valence-electron chi connectivity index (χ1n) is 28.1. The Balaban J connectivity index is 2.05. The molecular weight excluding hydrogens is 874 g/mol. The smallest absolute Gasteiger partial charge is 0.393 e. The molecule has 67 heavy (non-hydrogen) atoms. The zero-order chi connectivity index (χ0) is 49.4. The molecule has 0 aromatic rings. The van der Waals surface area contributed by atoms with E-state index in [0.717, 1.165) is 44.9 Å². The minimum absolute atomic E-state index is 0.218. The lowest BCUT2D eigenvalue weighted by Crippen LogP contribution is -2.64. The van der Waals surface area contributed by atoms with E-state index in [0.29, 0.717) is 12.8 Å². The van der Waals surface area contributed by atoms with E-state index in [1.54, 1.807) is 0 Å². The third kappa shape index (κ3) is 34.3. The quantitative estimate of drug-likeness (QED) is 0.0205. The second-order valence-corrected chi connectivity index (χ2v) is 21.7. The van der Waals surface area contributed by atoms with Gasteiger partial charge in [0.25, 0.3) is 0 Å². The number of hydrogen-bond acceptors (Lipinski definition) is 11. The summed E-state index contributed by atoms with van der Waals surface area (Å²) in [4.78, 5) is 23.3. The number of unbranched alkanes of at least 4 members (excludes halogenated alkanes) is 35. The third-order valence-electron chi connectivity index (χ3n) is 14.0. The zero-order valence-corrected chi connectivity index (χ0v) is 43.7. The standard InChI is InChI=1S/C53H106NO12P/c1-3-5-7-9-10-11-12-13-14-15-16-17-18-19-20-21-22-23-24-25-26-27-28-29-30-31-32-33-34-35-36-37-38-40-44(55)42-47(57)54-45(46(56)41-39-8-6-4-2)43-65-67(63,64)66-53-51(61)49(59)48(58)50(60)52(53)62/h44-46,48-53,55-56,58-62H,3-43H2,1-2H3,(H,54,57)(H,63,64). The maximum Gasteiger partial charge on any atom is 0.472 e. The molecule has 8 unspecified atom stereocenters. The maximum atomic E-state index is 12.9. The van der Waals surface area contributed by atoms with Gasteiger partial charge in [0, 0.05) is 0 Å². The van der Waals surface area contributed by atoms with Crippen molar-refractivity contribution >= 4 is 13.7 Å². The van der Waals surface area contributed by atoms with Crippen molar-refractivity contribution in [3.05, 3.63) is 0 Å². The topological polar surface area (TPSA) is 226 Å². The average molecular weight is 980 g/mol. The SMILES string of the molecule is CCCCCCCCCCCCCCCCCCCCCCCCCCCCCCCCCCCC(O)CC(=O)NC(COP(=O)(O)OC1C(O)C(O)C(O)C(O)C1O)C(O)CCCCCC. The summed E-state index contributed by atoms with van der Waals surface area (Å²) >= 11 is 0. The lowest BCUT2D eigenvalue weighted by Gasteiger charge is -2.41. The Bertz CT molecular complexity index is 1150. The third-order valence-corrected chi connectivity index (χ3v) is 15.0. The van der Waals surface area contributed by atoms with Crippen molar-refractivity contribution < 1.29 is 59.0 Å². The minimum atomic E-state index is -5.10. The number of carbonyl (C=O) groups excluding carboxylic acids is 1. The minimum Gasteiger partial charge on any atom is -0.393 e. The van der Waals surface area contributed by atoms with Crippen LogP contribution in [0.2, 0.25) is 0 Å². The summed E-state index contributed by atoms with van der Waals surface area (Å²) < 4.78 is 22.7. The van der Waals surface area contributed by atoms with E-state index in [4.69, 9.17) is 9.05 Å². The molecule has 0 aromatic carbocycles. The van der Waals surface area contributed by atoms with Crippen molar-refractivity contribution in [2.45, 2.75) is 326 Å². The first-order chi connectivity index (χ1) is 32.3. The number of aliphatic hydroxyl groups excluding tert-OH is 7. The molecule has 14 heteroatoms. The normalized spacial score (nSPS) is 22.1. The fourth-order valence-corrected chi connectivity index (χ4v) is 10.4. The summed E-state index contributed by atoms with van der Waals surface area (Å²) in [5.74, 6) is -0.563. The predicted octanol–water partition coefficient (Wildman–Crippen LogP) is 11.2. The molecule has 1 amide bonds. The van der Waals surface area contributed by atoms with Crippen LogP contribution >= 0.6 is 7.82 Å². The van der Waals surface area contributed by atoms with E-state index >= 15 is 0 Å². The van der Waals surface area contributed by atoms with Crippen molar-refractivity contribution in [1.82, 2.24) is 5.32 Å². The van der Waals surface area contributed by atoms with Gasteiger partial charge < -0.3 is 46.0 Å². The molecule has 1 aliphatic rings. The fraction of sp³-hybridized carbons (Fsp3) is 0.981. The fourth-order valence-electron chi connectivity index (χ4n) is 9.43. The van der Waals surface area contributed by atoms with Gasteiger partial charge in [-0.2, -0.15) is 0 Å². The molecule has 0 spiro atoms. The molecule has 0 heterocycles. The number of carbonyl (C=O) groups is 1. The lowest BCUT2D eigenvalue weighted by molar-refractivity contribution is -0.220. The van der Waals surface area contributed by atoms with Crippen LogP contribution in [-0.2, 0) is 18.4 Å². The van der Waals surface area contributed by atoms with Crippen molar-refractivity contribution in [3.63, 3.8) is 0 Å². The van der Waals surface area contributed by atoms with Crippen LogP contribution in [0.5, 0.6) is 0 Å².